The molecule has 0 radical (unpaired) electrons. The van der Waals surface area contributed by atoms with Gasteiger partial charge in [-0.25, -0.2) is 10.4 Å². The summed E-state index contributed by atoms with van der Waals surface area (Å²) < 4.78 is 0. The fraction of sp³-hybridized carbons (Fsp3) is 1.00. The van der Waals surface area contributed by atoms with Gasteiger partial charge in [0.25, 0.3) is 0 Å². The number of nitrogens with one attached hydrogen (secondary N) is 3. The van der Waals surface area contributed by atoms with Crippen molar-refractivity contribution in [3.8, 4) is 0 Å². The maximum Gasteiger partial charge on any atom is 0.125 e. The predicted molar refractivity (Wildman–Crippen MR) is 85.8 cm³/mol. The van der Waals surface area contributed by atoms with Crippen molar-refractivity contribution in [3.05, 3.63) is 5.21 Å². The first kappa shape index (κ1) is 16.7. The fourth-order valence-electron chi connectivity index (χ4n) is 5.18. The third-order valence-electron chi connectivity index (χ3n) is 6.37. The van der Waals surface area contributed by atoms with Crippen molar-refractivity contribution < 1.29 is 15.3 Å². The molecule has 4 N–H and O–H groups in total. The van der Waals surface area contributed by atoms with E-state index in [2.05, 4.69) is 5.32 Å². The summed E-state index contributed by atoms with van der Waals surface area (Å²) in [4.78, 5) is 1.71. The highest BCUT2D eigenvalue weighted by Gasteiger charge is 2.39. The van der Waals surface area contributed by atoms with E-state index in [9.17, 15) is 10.4 Å². The van der Waals surface area contributed by atoms with Crippen LogP contribution >= 0.6 is 0 Å². The van der Waals surface area contributed by atoms with Crippen LogP contribution in [0.2, 0.25) is 0 Å². The van der Waals surface area contributed by atoms with E-state index in [0.717, 1.165) is 31.8 Å². The van der Waals surface area contributed by atoms with E-state index in [0.29, 0.717) is 12.0 Å². The van der Waals surface area contributed by atoms with Gasteiger partial charge in [0.05, 0.1) is 25.0 Å². The molecule has 6 atom stereocenters. The van der Waals surface area contributed by atoms with Gasteiger partial charge in [0.2, 0.25) is 0 Å². The molecule has 0 aromatic carbocycles. The summed E-state index contributed by atoms with van der Waals surface area (Å²) in [6, 6.07) is 1.32. The van der Waals surface area contributed by atoms with Crippen molar-refractivity contribution >= 4 is 0 Å². The van der Waals surface area contributed by atoms with Gasteiger partial charge in [-0.1, -0.05) is 12.8 Å². The molecule has 0 bridgehead atoms. The van der Waals surface area contributed by atoms with Crippen LogP contribution in [0.25, 0.3) is 0 Å². The van der Waals surface area contributed by atoms with E-state index < -0.39 is 5.23 Å². The Hall–Kier alpha value is -0.200. The maximum atomic E-state index is 11.6. The Bertz CT molecular complexity index is 334. The topological polar surface area (TPSA) is 64.2 Å². The average Bonchev–Trinajstić information content (AvgIpc) is 2.56. The van der Waals surface area contributed by atoms with Gasteiger partial charge in [-0.3, -0.25) is 0 Å². The molecule has 1 aliphatic carbocycles. The van der Waals surface area contributed by atoms with E-state index >= 15 is 0 Å². The Morgan fingerprint density at radius 2 is 1.77 bits per heavy atom. The number of quaternary nitrogens is 2. The van der Waals surface area contributed by atoms with Crippen LogP contribution in [0, 0.1) is 11.1 Å². The molecule has 3 aliphatic rings. The molecule has 3 fully saturated rings. The molecule has 3 rings (SSSR count). The molecule has 0 aromatic heterocycles. The normalized spacial score (nSPS) is 42.0. The SMILES string of the molecule is [O-][NH+](O)C1CCCCC1C[NH+]1CCCCC1C1CCCCN1. The second-order valence-electron chi connectivity index (χ2n) is 7.76. The summed E-state index contributed by atoms with van der Waals surface area (Å²) >= 11 is 0. The van der Waals surface area contributed by atoms with Gasteiger partial charge >= 0.3 is 0 Å². The van der Waals surface area contributed by atoms with E-state index in [1.165, 1.54) is 58.0 Å². The van der Waals surface area contributed by atoms with Crippen LogP contribution in [0.15, 0.2) is 0 Å². The van der Waals surface area contributed by atoms with Gasteiger partial charge in [-0.2, -0.15) is 0 Å². The molecule has 0 spiro atoms. The van der Waals surface area contributed by atoms with Gasteiger partial charge < -0.3 is 15.4 Å². The van der Waals surface area contributed by atoms with E-state index in [-0.39, 0.29) is 6.04 Å². The first-order valence-corrected chi connectivity index (χ1v) is 9.56. The van der Waals surface area contributed by atoms with Gasteiger partial charge in [-0.15, -0.1) is 0 Å². The zero-order valence-electron chi connectivity index (χ0n) is 13.9. The lowest BCUT2D eigenvalue weighted by Crippen LogP contribution is -3.20. The monoisotopic (exact) mass is 312 g/mol. The number of hydrogen-bond acceptors (Lipinski definition) is 3. The lowest BCUT2D eigenvalue weighted by Gasteiger charge is -2.42. The molecular formula is C17H34N3O2+. The highest BCUT2D eigenvalue weighted by Crippen LogP contribution is 2.22. The van der Waals surface area contributed by atoms with E-state index in [1.54, 1.807) is 4.90 Å². The van der Waals surface area contributed by atoms with Gasteiger partial charge in [-0.05, 0) is 45.1 Å². The van der Waals surface area contributed by atoms with Crippen LogP contribution < -0.4 is 15.4 Å². The van der Waals surface area contributed by atoms with Crippen LogP contribution in [0.5, 0.6) is 0 Å². The highest BCUT2D eigenvalue weighted by molar-refractivity contribution is 4.82. The lowest BCUT2D eigenvalue weighted by atomic mass is 9.82. The summed E-state index contributed by atoms with van der Waals surface area (Å²) in [6.45, 7) is 3.53. The molecular weight excluding hydrogens is 278 g/mol. The molecule has 0 amide bonds. The van der Waals surface area contributed by atoms with E-state index in [4.69, 9.17) is 0 Å². The van der Waals surface area contributed by atoms with Crippen molar-refractivity contribution in [3.63, 3.8) is 0 Å². The molecule has 22 heavy (non-hydrogen) atoms. The number of rotatable bonds is 4. The van der Waals surface area contributed by atoms with Crippen LogP contribution in [0.4, 0.5) is 0 Å². The number of hydroxylamine groups is 2. The molecule has 0 aromatic rings. The van der Waals surface area contributed by atoms with Crippen LogP contribution in [-0.4, -0.2) is 43.0 Å². The first-order chi connectivity index (χ1) is 10.8. The lowest BCUT2D eigenvalue weighted by molar-refractivity contribution is -1.07. The molecule has 2 saturated heterocycles. The fourth-order valence-corrected chi connectivity index (χ4v) is 5.18. The Morgan fingerprint density at radius 1 is 1.00 bits per heavy atom. The summed E-state index contributed by atoms with van der Waals surface area (Å²) in [5.74, 6) is 0.408. The third-order valence-corrected chi connectivity index (χ3v) is 6.37. The average molecular weight is 312 g/mol. The minimum atomic E-state index is -0.548. The molecule has 2 heterocycles. The Labute approximate surface area is 134 Å². The Morgan fingerprint density at radius 3 is 2.55 bits per heavy atom. The van der Waals surface area contributed by atoms with Gasteiger partial charge in [0.15, 0.2) is 0 Å². The Kier molecular flexibility index (Phi) is 6.10. The minimum Gasteiger partial charge on any atom is -0.600 e. The largest absolute Gasteiger partial charge is 0.600 e. The van der Waals surface area contributed by atoms with Gasteiger partial charge in [0, 0.05) is 12.8 Å². The summed E-state index contributed by atoms with van der Waals surface area (Å²) in [6.07, 6.45) is 12.4. The maximum absolute atomic E-state index is 11.6. The molecule has 1 saturated carbocycles. The number of hydrogen-bond donors (Lipinski definition) is 4. The zero-order valence-corrected chi connectivity index (χ0v) is 13.9. The molecule has 5 nitrogen and oxygen atoms in total. The summed E-state index contributed by atoms with van der Waals surface area (Å²) in [5.41, 5.74) is 0. The van der Waals surface area contributed by atoms with Crippen molar-refractivity contribution in [2.45, 2.75) is 82.3 Å². The van der Waals surface area contributed by atoms with Crippen molar-refractivity contribution in [1.82, 2.24) is 5.32 Å². The first-order valence-electron chi connectivity index (χ1n) is 9.56. The molecule has 128 valence electrons. The smallest absolute Gasteiger partial charge is 0.125 e. The highest BCUT2D eigenvalue weighted by atomic mass is 16.8. The van der Waals surface area contributed by atoms with Crippen molar-refractivity contribution in [2.24, 2.45) is 5.92 Å². The van der Waals surface area contributed by atoms with Crippen LogP contribution in [-0.2, 0) is 0 Å². The van der Waals surface area contributed by atoms with Crippen molar-refractivity contribution in [2.75, 3.05) is 19.6 Å². The zero-order chi connectivity index (χ0) is 15.4. The second-order valence-corrected chi connectivity index (χ2v) is 7.76. The predicted octanol–water partition coefficient (Wildman–Crippen LogP) is -0.103. The quantitative estimate of drug-likeness (QED) is 0.548. The standard InChI is InChI=1S/C17H33N3O2/c21-20(22)16-9-2-1-7-14(16)13-19-12-6-4-10-17(19)15-8-3-5-11-18-15/h14-18,20-21H,1-13H2/p+1. The summed E-state index contributed by atoms with van der Waals surface area (Å²) in [7, 11) is 0. The van der Waals surface area contributed by atoms with Crippen LogP contribution in [0.1, 0.15) is 64.2 Å². The molecule has 5 heteroatoms. The third kappa shape index (κ3) is 4.01. The van der Waals surface area contributed by atoms with E-state index in [1.807, 2.05) is 0 Å². The minimum absolute atomic E-state index is 0.0804. The van der Waals surface area contributed by atoms with Gasteiger partial charge in [0.1, 0.15) is 12.1 Å². The molecule has 6 unspecified atom stereocenters. The summed E-state index contributed by atoms with van der Waals surface area (Å²) in [5, 5.41) is 24.3. The van der Waals surface area contributed by atoms with Crippen LogP contribution in [0.3, 0.4) is 0 Å². The second kappa shape index (κ2) is 8.06. The van der Waals surface area contributed by atoms with Crippen molar-refractivity contribution in [1.29, 1.82) is 0 Å². The Balaban J connectivity index is 1.62. The number of piperidine rings is 2. The number of likely N-dealkylation sites (tertiary alicyclic amines) is 1. The molecule has 2 aliphatic heterocycles.